The second-order valence-electron chi connectivity index (χ2n) is 7.32. The maximum atomic E-state index is 12.4. The Labute approximate surface area is 175 Å². The zero-order valence-corrected chi connectivity index (χ0v) is 17.3. The lowest BCUT2D eigenvalue weighted by molar-refractivity contribution is 0.258. The number of hydrogen-bond donors (Lipinski definition) is 1. The number of nitrogens with zero attached hydrogens (tertiary/aromatic N) is 2. The van der Waals surface area contributed by atoms with E-state index in [-0.39, 0.29) is 6.03 Å². The van der Waals surface area contributed by atoms with Gasteiger partial charge in [0, 0.05) is 12.7 Å². The molecule has 3 aromatic rings. The van der Waals surface area contributed by atoms with Gasteiger partial charge in [-0.1, -0.05) is 60.9 Å². The molecule has 5 nitrogen and oxygen atoms in total. The van der Waals surface area contributed by atoms with E-state index in [9.17, 15) is 4.79 Å². The van der Waals surface area contributed by atoms with Gasteiger partial charge >= 0.3 is 6.03 Å². The van der Waals surface area contributed by atoms with Crippen LogP contribution in [0.3, 0.4) is 0 Å². The van der Waals surface area contributed by atoms with E-state index in [2.05, 4.69) is 22.4 Å². The number of para-hydroxylation sites is 1. The van der Waals surface area contributed by atoms with E-state index in [1.54, 1.807) is 18.1 Å². The maximum Gasteiger partial charge on any atom is 0.327 e. The maximum absolute atomic E-state index is 12.4. The first-order valence-electron chi connectivity index (χ1n) is 10.0. The van der Waals surface area contributed by atoms with Crippen molar-refractivity contribution in [2.45, 2.75) is 38.0 Å². The van der Waals surface area contributed by atoms with Crippen LogP contribution in [0.5, 0.6) is 10.8 Å². The third kappa shape index (κ3) is 4.95. The molecule has 2 amide bonds. The largest absolute Gasteiger partial charge is 0.445 e. The number of ether oxygens (including phenoxy) is 1. The van der Waals surface area contributed by atoms with Gasteiger partial charge in [-0.15, -0.1) is 0 Å². The van der Waals surface area contributed by atoms with E-state index < -0.39 is 0 Å². The molecule has 0 unspecified atom stereocenters. The molecule has 1 N–H and O–H groups in total. The molecule has 1 aromatic heterocycles. The van der Waals surface area contributed by atoms with Crippen LogP contribution in [0.2, 0.25) is 0 Å². The lowest BCUT2D eigenvalue weighted by atomic mass is 9.84. The fourth-order valence-corrected chi connectivity index (χ4v) is 4.35. The van der Waals surface area contributed by atoms with Crippen molar-refractivity contribution >= 4 is 28.2 Å². The third-order valence-electron chi connectivity index (χ3n) is 5.32. The van der Waals surface area contributed by atoms with E-state index in [0.29, 0.717) is 16.1 Å². The number of benzene rings is 2. The summed E-state index contributed by atoms with van der Waals surface area (Å²) >= 11 is 1.31. The number of rotatable bonds is 5. The Bertz CT molecular complexity index is 934. The third-order valence-corrected chi connectivity index (χ3v) is 6.11. The average molecular weight is 408 g/mol. The number of carbonyl (C=O) groups excluding carboxylic acids is 1. The minimum atomic E-state index is -0.242. The molecule has 0 spiro atoms. The van der Waals surface area contributed by atoms with E-state index in [0.717, 1.165) is 11.4 Å². The number of urea groups is 1. The van der Waals surface area contributed by atoms with Crippen molar-refractivity contribution in [1.82, 2.24) is 4.98 Å². The molecule has 0 bridgehead atoms. The van der Waals surface area contributed by atoms with Crippen LogP contribution in [-0.4, -0.2) is 18.1 Å². The van der Waals surface area contributed by atoms with Crippen LogP contribution in [0.1, 0.15) is 43.6 Å². The summed E-state index contributed by atoms with van der Waals surface area (Å²) in [6.45, 7) is 0. The van der Waals surface area contributed by atoms with Crippen LogP contribution in [0, 0.1) is 0 Å². The highest BCUT2D eigenvalue weighted by molar-refractivity contribution is 7.17. The Kier molecular flexibility index (Phi) is 6.10. The molecule has 1 fully saturated rings. The van der Waals surface area contributed by atoms with Crippen LogP contribution in [-0.2, 0) is 0 Å². The molecular formula is C23H25N3O2S. The molecule has 1 heterocycles. The molecule has 0 atom stereocenters. The average Bonchev–Trinajstić information content (AvgIpc) is 3.21. The van der Waals surface area contributed by atoms with Crippen molar-refractivity contribution < 1.29 is 9.53 Å². The highest BCUT2D eigenvalue weighted by atomic mass is 32.1. The Balaban J connectivity index is 1.35. The van der Waals surface area contributed by atoms with Crippen molar-refractivity contribution in [2.75, 3.05) is 17.3 Å². The number of thiazole rings is 1. The summed E-state index contributed by atoms with van der Waals surface area (Å²) in [5.74, 6) is 1.47. The van der Waals surface area contributed by atoms with E-state index in [4.69, 9.17) is 4.74 Å². The summed E-state index contributed by atoms with van der Waals surface area (Å²) in [6, 6.07) is 17.6. The minimum Gasteiger partial charge on any atom is -0.445 e. The van der Waals surface area contributed by atoms with Gasteiger partial charge in [-0.05, 0) is 48.6 Å². The lowest BCUT2D eigenvalue weighted by Gasteiger charge is -2.22. The highest BCUT2D eigenvalue weighted by Crippen LogP contribution is 2.35. The predicted octanol–water partition coefficient (Wildman–Crippen LogP) is 6.65. The fourth-order valence-electron chi connectivity index (χ4n) is 3.67. The number of nitrogens with one attached hydrogen (secondary N) is 1. The summed E-state index contributed by atoms with van der Waals surface area (Å²) in [4.78, 5) is 18.2. The van der Waals surface area contributed by atoms with Crippen LogP contribution >= 0.6 is 11.3 Å². The van der Waals surface area contributed by atoms with Crippen molar-refractivity contribution in [3.8, 4) is 10.8 Å². The second kappa shape index (κ2) is 9.09. The first-order chi connectivity index (χ1) is 14.2. The zero-order chi connectivity index (χ0) is 20.1. The second-order valence-corrected chi connectivity index (χ2v) is 8.31. The molecule has 6 heteroatoms. The number of aromatic nitrogens is 1. The molecule has 0 radical (unpaired) electrons. The Morgan fingerprint density at radius 1 is 1.07 bits per heavy atom. The van der Waals surface area contributed by atoms with Gasteiger partial charge < -0.3 is 4.74 Å². The van der Waals surface area contributed by atoms with Gasteiger partial charge in [0.15, 0.2) is 5.13 Å². The molecular weight excluding hydrogens is 382 g/mol. The van der Waals surface area contributed by atoms with Gasteiger partial charge in [0.05, 0.1) is 6.20 Å². The van der Waals surface area contributed by atoms with Gasteiger partial charge in [-0.3, -0.25) is 10.2 Å². The Morgan fingerprint density at radius 3 is 2.52 bits per heavy atom. The quantitative estimate of drug-likeness (QED) is 0.515. The molecule has 4 rings (SSSR count). The minimum absolute atomic E-state index is 0.242. The topological polar surface area (TPSA) is 54.5 Å². The number of hydrogen-bond acceptors (Lipinski definition) is 4. The van der Waals surface area contributed by atoms with Gasteiger partial charge in [0.25, 0.3) is 0 Å². The first-order valence-corrected chi connectivity index (χ1v) is 10.8. The molecule has 0 saturated heterocycles. The molecule has 150 valence electrons. The van der Waals surface area contributed by atoms with Gasteiger partial charge in [-0.2, -0.15) is 0 Å². The van der Waals surface area contributed by atoms with Gasteiger partial charge in [-0.25, -0.2) is 9.78 Å². The van der Waals surface area contributed by atoms with Crippen molar-refractivity contribution in [3.05, 3.63) is 66.4 Å². The molecule has 1 aliphatic rings. The highest BCUT2D eigenvalue weighted by Gasteiger charge is 2.16. The number of anilines is 2. The summed E-state index contributed by atoms with van der Waals surface area (Å²) in [5.41, 5.74) is 2.22. The van der Waals surface area contributed by atoms with Crippen LogP contribution in [0.25, 0.3) is 0 Å². The molecule has 1 aliphatic carbocycles. The summed E-state index contributed by atoms with van der Waals surface area (Å²) in [6.07, 6.45) is 8.24. The standard InChI is InChI=1S/C23H25N3O2S/c1-26(19-10-6-3-7-11-19)23(27)25-22-24-16-21(29-22)28-20-14-12-18(13-15-20)17-8-4-2-5-9-17/h3,6-7,10-17H,2,4-5,8-9H2,1H3,(H,24,25,27). The van der Waals surface area contributed by atoms with E-state index >= 15 is 0 Å². The summed E-state index contributed by atoms with van der Waals surface area (Å²) in [7, 11) is 1.73. The summed E-state index contributed by atoms with van der Waals surface area (Å²) in [5, 5.41) is 3.97. The van der Waals surface area contributed by atoms with Crippen LogP contribution < -0.4 is 15.0 Å². The van der Waals surface area contributed by atoms with E-state index in [1.165, 1.54) is 49.0 Å². The normalized spacial score (nSPS) is 14.4. The van der Waals surface area contributed by atoms with Crippen LogP contribution in [0.4, 0.5) is 15.6 Å². The van der Waals surface area contributed by atoms with Crippen molar-refractivity contribution in [2.24, 2.45) is 0 Å². The fraction of sp³-hybridized carbons (Fsp3) is 0.304. The molecule has 1 saturated carbocycles. The monoisotopic (exact) mass is 407 g/mol. The number of carbonyl (C=O) groups is 1. The molecule has 29 heavy (non-hydrogen) atoms. The number of amides is 2. The Morgan fingerprint density at radius 2 is 1.79 bits per heavy atom. The van der Waals surface area contributed by atoms with E-state index in [1.807, 2.05) is 42.5 Å². The SMILES string of the molecule is CN(C(=O)Nc1ncc(Oc2ccc(C3CCCCC3)cc2)s1)c1ccccc1. The van der Waals surface area contributed by atoms with Gasteiger partial charge in [0.1, 0.15) is 5.75 Å². The predicted molar refractivity (Wildman–Crippen MR) is 118 cm³/mol. The summed E-state index contributed by atoms with van der Waals surface area (Å²) < 4.78 is 5.92. The Hall–Kier alpha value is -2.86. The van der Waals surface area contributed by atoms with Gasteiger partial charge in [0.2, 0.25) is 5.06 Å². The molecule has 0 aliphatic heterocycles. The first kappa shape index (κ1) is 19.5. The lowest BCUT2D eigenvalue weighted by Crippen LogP contribution is -2.30. The van der Waals surface area contributed by atoms with Crippen molar-refractivity contribution in [3.63, 3.8) is 0 Å². The van der Waals surface area contributed by atoms with Crippen LogP contribution in [0.15, 0.2) is 60.8 Å². The zero-order valence-electron chi connectivity index (χ0n) is 16.5. The van der Waals surface area contributed by atoms with Crippen molar-refractivity contribution in [1.29, 1.82) is 0 Å². The smallest absolute Gasteiger partial charge is 0.327 e. The molecule has 2 aromatic carbocycles.